The van der Waals surface area contributed by atoms with Crippen LogP contribution in [0.2, 0.25) is 0 Å². The van der Waals surface area contributed by atoms with E-state index in [1.807, 2.05) is 19.9 Å². The van der Waals surface area contributed by atoms with Gasteiger partial charge in [-0.05, 0) is 44.4 Å². The van der Waals surface area contributed by atoms with Crippen LogP contribution in [-0.2, 0) is 0 Å². The Morgan fingerprint density at radius 3 is 2.92 bits per heavy atom. The van der Waals surface area contributed by atoms with Gasteiger partial charge in [-0.25, -0.2) is 4.98 Å². The van der Waals surface area contributed by atoms with Crippen molar-refractivity contribution >= 4 is 22.7 Å². The number of aryl methyl sites for hydroxylation is 2. The van der Waals surface area contributed by atoms with E-state index in [1.54, 1.807) is 6.07 Å². The molecule has 3 heterocycles. The summed E-state index contributed by atoms with van der Waals surface area (Å²) in [7, 11) is 0. The van der Waals surface area contributed by atoms with Gasteiger partial charge in [-0.1, -0.05) is 23.4 Å². The standard InChI is InChI=1S/C20H22N4O2/c1-13-10-17(18-14(2)23-26-20(18)22-13)19(25)21-11-15-8-9-24(12-15)16-6-4-3-5-7-16/h3-7,10,15H,8-9,11-12H2,1-2H3,(H,21,25)/t15-/m1/s1. The van der Waals surface area contributed by atoms with Crippen molar-refractivity contribution in [3.63, 3.8) is 0 Å². The van der Waals surface area contributed by atoms with Gasteiger partial charge in [0.25, 0.3) is 11.6 Å². The number of nitrogens with zero attached hydrogens (tertiary/aromatic N) is 3. The quantitative estimate of drug-likeness (QED) is 0.783. The number of aromatic nitrogens is 2. The third-order valence-electron chi connectivity index (χ3n) is 4.95. The van der Waals surface area contributed by atoms with E-state index in [0.717, 1.165) is 25.2 Å². The molecule has 1 atom stereocenters. The fourth-order valence-electron chi connectivity index (χ4n) is 3.60. The van der Waals surface area contributed by atoms with Gasteiger partial charge in [-0.3, -0.25) is 4.79 Å². The van der Waals surface area contributed by atoms with Gasteiger partial charge in [0.1, 0.15) is 0 Å². The van der Waals surface area contributed by atoms with Crippen LogP contribution in [0.1, 0.15) is 28.2 Å². The number of hydrogen-bond donors (Lipinski definition) is 1. The first-order chi connectivity index (χ1) is 12.6. The predicted octanol–water partition coefficient (Wildman–Crippen LogP) is 3.10. The number of benzene rings is 1. The third-order valence-corrected chi connectivity index (χ3v) is 4.95. The summed E-state index contributed by atoms with van der Waals surface area (Å²) in [5, 5.41) is 7.72. The van der Waals surface area contributed by atoms with Crippen LogP contribution in [-0.4, -0.2) is 35.7 Å². The lowest BCUT2D eigenvalue weighted by Gasteiger charge is -2.18. The van der Waals surface area contributed by atoms with Gasteiger partial charge < -0.3 is 14.7 Å². The van der Waals surface area contributed by atoms with Crippen LogP contribution in [0, 0.1) is 19.8 Å². The zero-order valence-electron chi connectivity index (χ0n) is 15.0. The van der Waals surface area contributed by atoms with Crippen molar-refractivity contribution in [1.82, 2.24) is 15.5 Å². The first-order valence-electron chi connectivity index (χ1n) is 8.93. The number of para-hydroxylation sites is 1. The number of carbonyl (C=O) groups excluding carboxylic acids is 1. The van der Waals surface area contributed by atoms with E-state index in [9.17, 15) is 4.79 Å². The topological polar surface area (TPSA) is 71.3 Å². The molecule has 1 fully saturated rings. The number of fused-ring (bicyclic) bond motifs is 1. The molecule has 1 N–H and O–H groups in total. The fraction of sp³-hybridized carbons (Fsp3) is 0.350. The summed E-state index contributed by atoms with van der Waals surface area (Å²) in [6.45, 7) is 6.32. The molecule has 2 aromatic heterocycles. The minimum Gasteiger partial charge on any atom is -0.371 e. The lowest BCUT2D eigenvalue weighted by molar-refractivity contribution is 0.0949. The lowest BCUT2D eigenvalue weighted by Crippen LogP contribution is -2.31. The predicted molar refractivity (Wildman–Crippen MR) is 100 cm³/mol. The molecule has 0 aliphatic carbocycles. The molecule has 1 aliphatic rings. The smallest absolute Gasteiger partial charge is 0.258 e. The maximum Gasteiger partial charge on any atom is 0.258 e. The molecular weight excluding hydrogens is 328 g/mol. The summed E-state index contributed by atoms with van der Waals surface area (Å²) in [5.41, 5.74) is 3.68. The molecule has 1 saturated heterocycles. The minimum absolute atomic E-state index is 0.0926. The van der Waals surface area contributed by atoms with Gasteiger partial charge >= 0.3 is 0 Å². The molecule has 1 aliphatic heterocycles. The van der Waals surface area contributed by atoms with Gasteiger partial charge in [0.15, 0.2) is 0 Å². The number of nitrogens with one attached hydrogen (secondary N) is 1. The normalized spacial score (nSPS) is 17.0. The second-order valence-corrected chi connectivity index (χ2v) is 6.91. The third kappa shape index (κ3) is 3.14. The van der Waals surface area contributed by atoms with Gasteiger partial charge in [-0.15, -0.1) is 0 Å². The maximum absolute atomic E-state index is 12.7. The van der Waals surface area contributed by atoms with Crippen molar-refractivity contribution in [1.29, 1.82) is 0 Å². The largest absolute Gasteiger partial charge is 0.371 e. The molecule has 4 rings (SSSR count). The molecule has 0 unspecified atom stereocenters. The minimum atomic E-state index is -0.0926. The number of rotatable bonds is 4. The average Bonchev–Trinajstić information content (AvgIpc) is 3.27. The first-order valence-corrected chi connectivity index (χ1v) is 8.93. The van der Waals surface area contributed by atoms with Crippen LogP contribution in [0.15, 0.2) is 40.9 Å². The average molecular weight is 350 g/mol. The molecule has 1 amide bonds. The molecule has 3 aromatic rings. The van der Waals surface area contributed by atoms with Crippen molar-refractivity contribution in [3.8, 4) is 0 Å². The van der Waals surface area contributed by atoms with Crippen LogP contribution in [0.3, 0.4) is 0 Å². The first kappa shape index (κ1) is 16.6. The Hall–Kier alpha value is -2.89. The van der Waals surface area contributed by atoms with Crippen molar-refractivity contribution < 1.29 is 9.32 Å². The number of carbonyl (C=O) groups is 1. The van der Waals surface area contributed by atoms with Crippen LogP contribution in [0.4, 0.5) is 5.69 Å². The van der Waals surface area contributed by atoms with Crippen LogP contribution in [0.25, 0.3) is 11.1 Å². The Morgan fingerprint density at radius 2 is 2.12 bits per heavy atom. The van der Waals surface area contributed by atoms with Gasteiger partial charge in [0, 0.05) is 31.0 Å². The monoisotopic (exact) mass is 350 g/mol. The lowest BCUT2D eigenvalue weighted by atomic mass is 10.1. The number of amides is 1. The number of pyridine rings is 1. The molecular formula is C20H22N4O2. The van der Waals surface area contributed by atoms with Crippen molar-refractivity contribution in [2.75, 3.05) is 24.5 Å². The Bertz CT molecular complexity index is 936. The van der Waals surface area contributed by atoms with E-state index in [-0.39, 0.29) is 5.91 Å². The fourth-order valence-corrected chi connectivity index (χ4v) is 3.60. The van der Waals surface area contributed by atoms with Crippen LogP contribution < -0.4 is 10.2 Å². The second kappa shape index (κ2) is 6.78. The van der Waals surface area contributed by atoms with Crippen LogP contribution >= 0.6 is 0 Å². The van der Waals surface area contributed by atoms with Gasteiger partial charge in [0.05, 0.1) is 16.6 Å². The Balaban J connectivity index is 1.43. The van der Waals surface area contributed by atoms with E-state index >= 15 is 0 Å². The van der Waals surface area contributed by atoms with Crippen molar-refractivity contribution in [2.24, 2.45) is 5.92 Å². The number of anilines is 1. The Labute approximate surface area is 152 Å². The summed E-state index contributed by atoms with van der Waals surface area (Å²) in [5.74, 6) is 0.353. The van der Waals surface area contributed by atoms with E-state index < -0.39 is 0 Å². The summed E-state index contributed by atoms with van der Waals surface area (Å²) in [6.07, 6.45) is 1.08. The van der Waals surface area contributed by atoms with Gasteiger partial charge in [-0.2, -0.15) is 0 Å². The van der Waals surface area contributed by atoms with Crippen LogP contribution in [0.5, 0.6) is 0 Å². The Morgan fingerprint density at radius 1 is 1.31 bits per heavy atom. The zero-order chi connectivity index (χ0) is 18.1. The molecule has 1 aromatic carbocycles. The van der Waals surface area contributed by atoms with Crippen molar-refractivity contribution in [3.05, 3.63) is 53.3 Å². The highest BCUT2D eigenvalue weighted by Gasteiger charge is 2.24. The second-order valence-electron chi connectivity index (χ2n) is 6.91. The molecule has 26 heavy (non-hydrogen) atoms. The molecule has 0 bridgehead atoms. The molecule has 0 radical (unpaired) electrons. The molecule has 0 saturated carbocycles. The summed E-state index contributed by atoms with van der Waals surface area (Å²) in [6, 6.07) is 12.2. The van der Waals surface area contributed by atoms with E-state index in [4.69, 9.17) is 4.52 Å². The summed E-state index contributed by atoms with van der Waals surface area (Å²) >= 11 is 0. The SMILES string of the molecule is Cc1cc(C(=O)NC[C@H]2CCN(c3ccccc3)C2)c2c(C)noc2n1. The van der Waals surface area contributed by atoms with E-state index in [0.29, 0.717) is 34.8 Å². The van der Waals surface area contributed by atoms with Gasteiger partial charge in [0.2, 0.25) is 0 Å². The number of hydrogen-bond acceptors (Lipinski definition) is 5. The van der Waals surface area contributed by atoms with E-state index in [2.05, 4.69) is 44.6 Å². The molecule has 0 spiro atoms. The summed E-state index contributed by atoms with van der Waals surface area (Å²) < 4.78 is 5.21. The maximum atomic E-state index is 12.7. The zero-order valence-corrected chi connectivity index (χ0v) is 15.0. The summed E-state index contributed by atoms with van der Waals surface area (Å²) in [4.78, 5) is 19.4. The molecule has 134 valence electrons. The highest BCUT2D eigenvalue weighted by molar-refractivity contribution is 6.06. The highest BCUT2D eigenvalue weighted by Crippen LogP contribution is 2.24. The molecule has 6 nitrogen and oxygen atoms in total. The molecule has 6 heteroatoms. The van der Waals surface area contributed by atoms with Crippen molar-refractivity contribution in [2.45, 2.75) is 20.3 Å². The highest BCUT2D eigenvalue weighted by atomic mass is 16.5. The Kier molecular flexibility index (Phi) is 4.32. The van der Waals surface area contributed by atoms with E-state index in [1.165, 1.54) is 5.69 Å².